The molecule has 22 heavy (non-hydrogen) atoms. The SMILES string of the molecule is CC(=O)C(C(C)=O)[C@H](C[N+](=O)[O-])c1cccc2ccccc12. The zero-order valence-electron chi connectivity index (χ0n) is 12.5. The van der Waals surface area contributed by atoms with Crippen LogP contribution in [0.15, 0.2) is 42.5 Å². The third-order valence-corrected chi connectivity index (χ3v) is 3.85. The van der Waals surface area contributed by atoms with Crippen LogP contribution >= 0.6 is 0 Å². The average Bonchev–Trinajstić information content (AvgIpc) is 2.44. The first-order valence-electron chi connectivity index (χ1n) is 7.02. The van der Waals surface area contributed by atoms with Gasteiger partial charge in [0.15, 0.2) is 0 Å². The van der Waals surface area contributed by atoms with Crippen LogP contribution in [-0.2, 0) is 9.59 Å². The number of carbonyl (C=O) groups is 2. The van der Waals surface area contributed by atoms with E-state index >= 15 is 0 Å². The van der Waals surface area contributed by atoms with Gasteiger partial charge in [-0.2, -0.15) is 0 Å². The second kappa shape index (κ2) is 6.47. The van der Waals surface area contributed by atoms with Crippen molar-refractivity contribution >= 4 is 22.3 Å². The van der Waals surface area contributed by atoms with E-state index in [4.69, 9.17) is 0 Å². The quantitative estimate of drug-likeness (QED) is 0.466. The van der Waals surface area contributed by atoms with E-state index in [1.165, 1.54) is 13.8 Å². The summed E-state index contributed by atoms with van der Waals surface area (Å²) in [4.78, 5) is 34.3. The lowest BCUT2D eigenvalue weighted by Gasteiger charge is -2.21. The predicted molar refractivity (Wildman–Crippen MR) is 83.4 cm³/mol. The topological polar surface area (TPSA) is 77.3 Å². The fourth-order valence-corrected chi connectivity index (χ4v) is 2.97. The normalized spacial score (nSPS) is 12.3. The number of Topliss-reactive ketones (excluding diaryl/α,β-unsaturated/α-hetero) is 2. The highest BCUT2D eigenvalue weighted by atomic mass is 16.6. The van der Waals surface area contributed by atoms with Crippen LogP contribution in [-0.4, -0.2) is 23.0 Å². The third kappa shape index (κ3) is 3.19. The van der Waals surface area contributed by atoms with Crippen molar-refractivity contribution in [3.63, 3.8) is 0 Å². The van der Waals surface area contributed by atoms with Gasteiger partial charge in [0.2, 0.25) is 6.54 Å². The second-order valence-electron chi connectivity index (χ2n) is 5.39. The van der Waals surface area contributed by atoms with E-state index in [1.54, 1.807) is 12.1 Å². The molecule has 0 heterocycles. The van der Waals surface area contributed by atoms with Gasteiger partial charge in [-0.25, -0.2) is 0 Å². The summed E-state index contributed by atoms with van der Waals surface area (Å²) in [6.45, 7) is 2.17. The Kier molecular flexibility index (Phi) is 4.65. The van der Waals surface area contributed by atoms with Crippen LogP contribution in [0.4, 0.5) is 0 Å². The highest BCUT2D eigenvalue weighted by Gasteiger charge is 2.35. The molecule has 0 aliphatic carbocycles. The first kappa shape index (κ1) is 15.8. The van der Waals surface area contributed by atoms with Crippen molar-refractivity contribution in [2.75, 3.05) is 6.54 Å². The van der Waals surface area contributed by atoms with Gasteiger partial charge in [0.05, 0.1) is 11.8 Å². The van der Waals surface area contributed by atoms with Crippen molar-refractivity contribution in [1.29, 1.82) is 0 Å². The zero-order chi connectivity index (χ0) is 16.3. The molecule has 5 heteroatoms. The molecule has 0 saturated heterocycles. The van der Waals surface area contributed by atoms with Crippen molar-refractivity contribution < 1.29 is 14.5 Å². The fourth-order valence-electron chi connectivity index (χ4n) is 2.97. The van der Waals surface area contributed by atoms with Gasteiger partial charge in [0.25, 0.3) is 0 Å². The number of hydrogen-bond acceptors (Lipinski definition) is 4. The summed E-state index contributed by atoms with van der Waals surface area (Å²) >= 11 is 0. The molecule has 0 aromatic heterocycles. The molecule has 0 N–H and O–H groups in total. The second-order valence-corrected chi connectivity index (χ2v) is 5.39. The Balaban J connectivity index is 2.64. The van der Waals surface area contributed by atoms with Crippen LogP contribution in [0.3, 0.4) is 0 Å². The van der Waals surface area contributed by atoms with Gasteiger partial charge in [-0.05, 0) is 30.2 Å². The highest BCUT2D eigenvalue weighted by molar-refractivity contribution is 6.02. The van der Waals surface area contributed by atoms with Gasteiger partial charge in [-0.3, -0.25) is 19.7 Å². The van der Waals surface area contributed by atoms with Gasteiger partial charge in [-0.1, -0.05) is 42.5 Å². The van der Waals surface area contributed by atoms with E-state index in [0.29, 0.717) is 5.56 Å². The molecule has 0 spiro atoms. The molecule has 0 aliphatic rings. The molecule has 0 bridgehead atoms. The smallest absolute Gasteiger partial charge is 0.211 e. The number of hydrogen-bond donors (Lipinski definition) is 0. The molecule has 0 saturated carbocycles. The molecule has 114 valence electrons. The molecule has 5 nitrogen and oxygen atoms in total. The van der Waals surface area contributed by atoms with Crippen LogP contribution in [0, 0.1) is 16.0 Å². The number of nitro groups is 1. The Morgan fingerprint density at radius 2 is 1.64 bits per heavy atom. The Bertz CT molecular complexity index is 719. The number of ketones is 2. The lowest BCUT2D eigenvalue weighted by atomic mass is 9.79. The van der Waals surface area contributed by atoms with Crippen molar-refractivity contribution in [3.8, 4) is 0 Å². The lowest BCUT2D eigenvalue weighted by molar-refractivity contribution is -0.484. The molecule has 0 fully saturated rings. The Morgan fingerprint density at radius 3 is 2.23 bits per heavy atom. The minimum Gasteiger partial charge on any atom is -0.299 e. The number of fused-ring (bicyclic) bond motifs is 1. The number of rotatable bonds is 6. The van der Waals surface area contributed by atoms with Crippen LogP contribution in [0.25, 0.3) is 10.8 Å². The van der Waals surface area contributed by atoms with Gasteiger partial charge < -0.3 is 0 Å². The molecule has 0 aliphatic heterocycles. The van der Waals surface area contributed by atoms with Crippen molar-refractivity contribution in [2.45, 2.75) is 19.8 Å². The number of carbonyl (C=O) groups excluding carboxylic acids is 2. The zero-order valence-corrected chi connectivity index (χ0v) is 12.5. The van der Waals surface area contributed by atoms with Gasteiger partial charge >= 0.3 is 0 Å². The molecule has 0 amide bonds. The minimum absolute atomic E-state index is 0.340. The lowest BCUT2D eigenvalue weighted by Crippen LogP contribution is -2.31. The van der Waals surface area contributed by atoms with Crippen LogP contribution in [0.1, 0.15) is 25.3 Å². The van der Waals surface area contributed by atoms with Crippen LogP contribution in [0.2, 0.25) is 0 Å². The van der Waals surface area contributed by atoms with E-state index in [9.17, 15) is 19.7 Å². The summed E-state index contributed by atoms with van der Waals surface area (Å²) < 4.78 is 0. The Labute approximate surface area is 128 Å². The van der Waals surface area contributed by atoms with Gasteiger partial charge in [0.1, 0.15) is 11.6 Å². The van der Waals surface area contributed by atoms with E-state index in [2.05, 4.69) is 0 Å². The maximum atomic E-state index is 11.9. The predicted octanol–water partition coefficient (Wildman–Crippen LogP) is 2.99. The first-order chi connectivity index (χ1) is 10.4. The molecule has 2 rings (SSSR count). The third-order valence-electron chi connectivity index (χ3n) is 3.85. The molecular weight excluding hydrogens is 282 g/mol. The van der Waals surface area contributed by atoms with Crippen LogP contribution in [0.5, 0.6) is 0 Å². The summed E-state index contributed by atoms with van der Waals surface area (Å²) in [5, 5.41) is 12.8. The summed E-state index contributed by atoms with van der Waals surface area (Å²) in [6.07, 6.45) is 0. The van der Waals surface area contributed by atoms with Crippen molar-refractivity contribution in [1.82, 2.24) is 0 Å². The maximum Gasteiger partial charge on any atom is 0.211 e. The molecule has 2 aromatic rings. The first-order valence-corrected chi connectivity index (χ1v) is 7.02. The molecule has 0 unspecified atom stereocenters. The maximum absolute atomic E-state index is 11.9. The van der Waals surface area contributed by atoms with Gasteiger partial charge in [-0.15, -0.1) is 0 Å². The fraction of sp³-hybridized carbons (Fsp3) is 0.294. The summed E-state index contributed by atoms with van der Waals surface area (Å²) in [6, 6.07) is 12.9. The van der Waals surface area contributed by atoms with Gasteiger partial charge in [0, 0.05) is 4.92 Å². The summed E-state index contributed by atoms with van der Waals surface area (Å²) in [7, 11) is 0. The summed E-state index contributed by atoms with van der Waals surface area (Å²) in [5.74, 6) is -2.42. The molecule has 1 atom stereocenters. The van der Waals surface area contributed by atoms with Crippen molar-refractivity contribution in [3.05, 3.63) is 58.1 Å². The average molecular weight is 299 g/mol. The number of nitrogens with zero attached hydrogens (tertiary/aromatic N) is 1. The highest BCUT2D eigenvalue weighted by Crippen LogP contribution is 2.32. The van der Waals surface area contributed by atoms with E-state index < -0.39 is 23.3 Å². The molecular formula is C17H17NO4. The molecule has 2 aromatic carbocycles. The van der Waals surface area contributed by atoms with E-state index in [0.717, 1.165) is 10.8 Å². The minimum atomic E-state index is -0.990. The molecule has 0 radical (unpaired) electrons. The Hall–Kier alpha value is -2.56. The van der Waals surface area contributed by atoms with E-state index in [1.807, 2.05) is 30.3 Å². The summed E-state index contributed by atoms with van der Waals surface area (Å²) in [5.41, 5.74) is 0.671. The van der Waals surface area contributed by atoms with Crippen LogP contribution < -0.4 is 0 Å². The monoisotopic (exact) mass is 299 g/mol. The van der Waals surface area contributed by atoms with Crippen molar-refractivity contribution in [2.24, 2.45) is 5.92 Å². The standard InChI is InChI=1S/C17H17NO4/c1-11(19)17(12(2)20)16(10-18(21)22)15-9-5-7-13-6-3-4-8-14(13)15/h3-9,16-17H,10H2,1-2H3/t16-/m1/s1. The largest absolute Gasteiger partial charge is 0.299 e. The Morgan fingerprint density at radius 1 is 1.05 bits per heavy atom. The van der Waals surface area contributed by atoms with E-state index in [-0.39, 0.29) is 11.6 Å². The number of benzene rings is 2.